The molecule has 4 amide bonds. The van der Waals surface area contributed by atoms with Gasteiger partial charge < -0.3 is 15.4 Å². The maximum atomic E-state index is 12.7. The molecule has 2 aromatic rings. The maximum absolute atomic E-state index is 12.7. The number of nitrogens with one attached hydrogen (secondary N) is 2. The Balaban J connectivity index is 1.73. The third-order valence-electron chi connectivity index (χ3n) is 4.94. The molecule has 8 nitrogen and oxygen atoms in total. The predicted molar refractivity (Wildman–Crippen MR) is 121 cm³/mol. The van der Waals surface area contributed by atoms with Gasteiger partial charge in [-0.05, 0) is 57.5 Å². The van der Waals surface area contributed by atoms with Gasteiger partial charge in [0.15, 0.2) is 0 Å². The highest BCUT2D eigenvalue weighted by Gasteiger charge is 2.41. The average molecular weight is 437 g/mol. The molecule has 0 bridgehead atoms. The molecule has 0 spiro atoms. The number of para-hydroxylation sites is 1. The zero-order valence-corrected chi connectivity index (χ0v) is 18.7. The summed E-state index contributed by atoms with van der Waals surface area (Å²) in [7, 11) is 0. The SMILES string of the molecule is CCCCOC(=O)c1ccccc1NC(=O)Nc1ccc2c(c1)C(=O)N(C(C)(C)C)C2=O. The number of rotatable bonds is 6. The summed E-state index contributed by atoms with van der Waals surface area (Å²) in [5, 5.41) is 5.28. The minimum absolute atomic E-state index is 0.239. The van der Waals surface area contributed by atoms with Crippen LogP contribution in [0.4, 0.5) is 16.2 Å². The Labute approximate surface area is 186 Å². The summed E-state index contributed by atoms with van der Waals surface area (Å²) in [6, 6.07) is 10.5. The number of unbranched alkanes of at least 4 members (excludes halogenated alkanes) is 1. The van der Waals surface area contributed by atoms with E-state index in [9.17, 15) is 19.2 Å². The number of hydrogen-bond donors (Lipinski definition) is 2. The lowest BCUT2D eigenvalue weighted by atomic mass is 10.1. The highest BCUT2D eigenvalue weighted by atomic mass is 16.5. The normalized spacial score (nSPS) is 13.1. The molecule has 1 heterocycles. The van der Waals surface area contributed by atoms with Gasteiger partial charge in [0.25, 0.3) is 11.8 Å². The highest BCUT2D eigenvalue weighted by molar-refractivity contribution is 6.22. The van der Waals surface area contributed by atoms with E-state index >= 15 is 0 Å². The lowest BCUT2D eigenvalue weighted by Crippen LogP contribution is -2.45. The van der Waals surface area contributed by atoms with Crippen molar-refractivity contribution in [1.82, 2.24) is 4.90 Å². The fourth-order valence-electron chi connectivity index (χ4n) is 3.37. The molecule has 0 aromatic heterocycles. The number of anilines is 2. The van der Waals surface area contributed by atoms with Crippen LogP contribution in [0.25, 0.3) is 0 Å². The monoisotopic (exact) mass is 437 g/mol. The Kier molecular flexibility index (Phi) is 6.62. The summed E-state index contributed by atoms with van der Waals surface area (Å²) in [6.07, 6.45) is 1.66. The summed E-state index contributed by atoms with van der Waals surface area (Å²) in [5.41, 5.74) is 0.778. The van der Waals surface area contributed by atoms with E-state index in [-0.39, 0.29) is 17.0 Å². The quantitative estimate of drug-likeness (QED) is 0.388. The second-order valence-electron chi connectivity index (χ2n) is 8.49. The molecule has 8 heteroatoms. The van der Waals surface area contributed by atoms with Crippen LogP contribution in [0.5, 0.6) is 0 Å². The minimum Gasteiger partial charge on any atom is -0.462 e. The van der Waals surface area contributed by atoms with Crippen molar-refractivity contribution in [2.45, 2.75) is 46.1 Å². The van der Waals surface area contributed by atoms with Gasteiger partial charge in [0.1, 0.15) is 0 Å². The number of fused-ring (bicyclic) bond motifs is 1. The van der Waals surface area contributed by atoms with Crippen LogP contribution < -0.4 is 10.6 Å². The molecule has 168 valence electrons. The van der Waals surface area contributed by atoms with Gasteiger partial charge in [0.2, 0.25) is 0 Å². The molecule has 2 N–H and O–H groups in total. The Morgan fingerprint density at radius 3 is 2.34 bits per heavy atom. The lowest BCUT2D eigenvalue weighted by molar-refractivity contribution is 0.0491. The van der Waals surface area contributed by atoms with Crippen LogP contribution in [0, 0.1) is 0 Å². The van der Waals surface area contributed by atoms with Gasteiger partial charge in [-0.3, -0.25) is 14.5 Å². The number of hydrogen-bond acceptors (Lipinski definition) is 5. The van der Waals surface area contributed by atoms with E-state index in [2.05, 4.69) is 10.6 Å². The van der Waals surface area contributed by atoms with Crippen molar-refractivity contribution in [1.29, 1.82) is 0 Å². The number of nitrogens with zero attached hydrogens (tertiary/aromatic N) is 1. The van der Waals surface area contributed by atoms with Crippen LogP contribution in [0.1, 0.15) is 71.6 Å². The van der Waals surface area contributed by atoms with Crippen LogP contribution in [0.15, 0.2) is 42.5 Å². The number of amides is 4. The standard InChI is InChI=1S/C24H27N3O5/c1-5-6-13-32-22(30)17-9-7-8-10-19(17)26-23(31)25-15-11-12-16-18(14-15)21(29)27(20(16)28)24(2,3)4/h7-12,14H,5-6,13H2,1-4H3,(H2,25,26,31). The van der Waals surface area contributed by atoms with Crippen molar-refractivity contribution in [3.63, 3.8) is 0 Å². The van der Waals surface area contributed by atoms with Crippen molar-refractivity contribution in [3.8, 4) is 0 Å². The molecular weight excluding hydrogens is 410 g/mol. The summed E-state index contributed by atoms with van der Waals surface area (Å²) in [6.45, 7) is 7.66. The molecule has 1 aliphatic heterocycles. The molecule has 32 heavy (non-hydrogen) atoms. The highest BCUT2D eigenvalue weighted by Crippen LogP contribution is 2.31. The number of urea groups is 1. The van der Waals surface area contributed by atoms with Crippen molar-refractivity contribution < 1.29 is 23.9 Å². The third-order valence-corrected chi connectivity index (χ3v) is 4.94. The van der Waals surface area contributed by atoms with Gasteiger partial charge in [-0.2, -0.15) is 0 Å². The zero-order chi connectivity index (χ0) is 23.5. The molecule has 0 radical (unpaired) electrons. The van der Waals surface area contributed by atoms with Gasteiger partial charge in [-0.25, -0.2) is 9.59 Å². The van der Waals surface area contributed by atoms with Crippen LogP contribution in [0.2, 0.25) is 0 Å². The van der Waals surface area contributed by atoms with E-state index in [1.165, 1.54) is 17.0 Å². The first kappa shape index (κ1) is 23.0. The smallest absolute Gasteiger partial charge is 0.340 e. The summed E-state index contributed by atoms with van der Waals surface area (Å²) >= 11 is 0. The third kappa shape index (κ3) is 4.80. The molecule has 0 atom stereocenters. The number of esters is 1. The molecule has 0 fully saturated rings. The minimum atomic E-state index is -0.659. The number of ether oxygens (including phenoxy) is 1. The van der Waals surface area contributed by atoms with E-state index in [4.69, 9.17) is 4.74 Å². The second-order valence-corrected chi connectivity index (χ2v) is 8.49. The Morgan fingerprint density at radius 2 is 1.66 bits per heavy atom. The average Bonchev–Trinajstić information content (AvgIpc) is 2.98. The van der Waals surface area contributed by atoms with Gasteiger partial charge in [-0.15, -0.1) is 0 Å². The second kappa shape index (κ2) is 9.21. The van der Waals surface area contributed by atoms with Crippen LogP contribution in [0.3, 0.4) is 0 Å². The first-order valence-corrected chi connectivity index (χ1v) is 10.5. The first-order valence-electron chi connectivity index (χ1n) is 10.5. The molecule has 0 aliphatic carbocycles. The van der Waals surface area contributed by atoms with Gasteiger partial charge in [0, 0.05) is 11.2 Å². The van der Waals surface area contributed by atoms with E-state index in [0.717, 1.165) is 12.8 Å². The van der Waals surface area contributed by atoms with Crippen LogP contribution in [-0.4, -0.2) is 40.9 Å². The molecule has 1 aliphatic rings. The predicted octanol–water partition coefficient (Wildman–Crippen LogP) is 4.68. The fourth-order valence-corrected chi connectivity index (χ4v) is 3.37. The summed E-state index contributed by atoms with van der Waals surface area (Å²) in [5.74, 6) is -1.27. The van der Waals surface area contributed by atoms with Crippen molar-refractivity contribution >= 4 is 35.2 Å². The molecule has 0 saturated carbocycles. The van der Waals surface area contributed by atoms with Crippen molar-refractivity contribution in [3.05, 3.63) is 59.2 Å². The van der Waals surface area contributed by atoms with Crippen LogP contribution in [-0.2, 0) is 4.74 Å². The van der Waals surface area contributed by atoms with E-state index in [1.807, 2.05) is 6.92 Å². The Hall–Kier alpha value is -3.68. The Bertz CT molecular complexity index is 1070. The number of carbonyl (C=O) groups excluding carboxylic acids is 4. The molecule has 0 saturated heterocycles. The first-order chi connectivity index (χ1) is 15.1. The van der Waals surface area contributed by atoms with Crippen molar-refractivity contribution in [2.24, 2.45) is 0 Å². The van der Waals surface area contributed by atoms with Gasteiger partial charge >= 0.3 is 12.0 Å². The van der Waals surface area contributed by atoms with Crippen LogP contribution >= 0.6 is 0 Å². The number of carbonyl (C=O) groups is 4. The van der Waals surface area contributed by atoms with Crippen molar-refractivity contribution in [2.75, 3.05) is 17.2 Å². The maximum Gasteiger partial charge on any atom is 0.340 e. The van der Waals surface area contributed by atoms with E-state index < -0.39 is 23.4 Å². The zero-order valence-electron chi connectivity index (χ0n) is 18.7. The van der Waals surface area contributed by atoms with E-state index in [1.54, 1.807) is 51.1 Å². The summed E-state index contributed by atoms with van der Waals surface area (Å²) < 4.78 is 5.23. The van der Waals surface area contributed by atoms with Gasteiger partial charge in [-0.1, -0.05) is 25.5 Å². The topological polar surface area (TPSA) is 105 Å². The number of imide groups is 1. The van der Waals surface area contributed by atoms with E-state index in [0.29, 0.717) is 23.5 Å². The Morgan fingerprint density at radius 1 is 0.969 bits per heavy atom. The summed E-state index contributed by atoms with van der Waals surface area (Å²) in [4.78, 5) is 51.4. The fraction of sp³-hybridized carbons (Fsp3) is 0.333. The molecule has 3 rings (SSSR count). The largest absolute Gasteiger partial charge is 0.462 e. The molecule has 0 unspecified atom stereocenters. The lowest BCUT2D eigenvalue weighted by Gasteiger charge is -2.29. The van der Waals surface area contributed by atoms with Gasteiger partial charge in [0.05, 0.1) is 29.0 Å². The molecule has 2 aromatic carbocycles. The molecular formula is C24H27N3O5. The number of benzene rings is 2.